The number of thiophene rings is 1. The standard InChI is InChI=1S/C20H24N2O3S/c1-24-17-5-7-19(25-2)16(14-17)15-21-9-11-22(12-10-21)20(23)8-6-18-4-3-13-26-18/h3-8,13-14H,9-12,15H2,1-2H3. The summed E-state index contributed by atoms with van der Waals surface area (Å²) < 4.78 is 10.8. The molecule has 2 aromatic rings. The molecule has 1 aromatic carbocycles. The molecule has 0 spiro atoms. The summed E-state index contributed by atoms with van der Waals surface area (Å²) in [5.74, 6) is 1.77. The van der Waals surface area contributed by atoms with Crippen LogP contribution in [0.3, 0.4) is 0 Å². The van der Waals surface area contributed by atoms with Crippen molar-refractivity contribution in [2.45, 2.75) is 6.54 Å². The fourth-order valence-corrected chi connectivity index (χ4v) is 3.64. The van der Waals surface area contributed by atoms with Gasteiger partial charge in [-0.15, -0.1) is 11.3 Å². The molecule has 1 aromatic heterocycles. The Morgan fingerprint density at radius 2 is 1.96 bits per heavy atom. The Bertz CT molecular complexity index is 750. The third-order valence-electron chi connectivity index (χ3n) is 4.50. The highest BCUT2D eigenvalue weighted by molar-refractivity contribution is 7.10. The lowest BCUT2D eigenvalue weighted by atomic mass is 10.1. The van der Waals surface area contributed by atoms with E-state index in [1.807, 2.05) is 46.7 Å². The van der Waals surface area contributed by atoms with Gasteiger partial charge in [0.1, 0.15) is 11.5 Å². The van der Waals surface area contributed by atoms with E-state index in [1.165, 1.54) is 0 Å². The van der Waals surface area contributed by atoms with Crippen molar-refractivity contribution >= 4 is 23.3 Å². The number of methoxy groups -OCH3 is 2. The predicted octanol–water partition coefficient (Wildman–Crippen LogP) is 3.12. The van der Waals surface area contributed by atoms with Crippen LogP contribution in [0.5, 0.6) is 11.5 Å². The largest absolute Gasteiger partial charge is 0.497 e. The van der Waals surface area contributed by atoms with Gasteiger partial charge in [0.25, 0.3) is 0 Å². The zero-order valence-corrected chi connectivity index (χ0v) is 16.0. The number of hydrogen-bond acceptors (Lipinski definition) is 5. The number of benzene rings is 1. The van der Waals surface area contributed by atoms with Crippen LogP contribution in [0.1, 0.15) is 10.4 Å². The van der Waals surface area contributed by atoms with E-state index in [0.717, 1.165) is 54.7 Å². The van der Waals surface area contributed by atoms with Gasteiger partial charge in [-0.25, -0.2) is 0 Å². The van der Waals surface area contributed by atoms with Gasteiger partial charge < -0.3 is 14.4 Å². The summed E-state index contributed by atoms with van der Waals surface area (Å²) in [5, 5.41) is 2.01. The highest BCUT2D eigenvalue weighted by Crippen LogP contribution is 2.25. The summed E-state index contributed by atoms with van der Waals surface area (Å²) in [6, 6.07) is 9.84. The molecule has 26 heavy (non-hydrogen) atoms. The van der Waals surface area contributed by atoms with Crippen molar-refractivity contribution in [1.29, 1.82) is 0 Å². The molecule has 2 heterocycles. The van der Waals surface area contributed by atoms with Gasteiger partial charge in [-0.2, -0.15) is 0 Å². The Labute approximate surface area is 158 Å². The first-order chi connectivity index (χ1) is 12.7. The minimum absolute atomic E-state index is 0.0806. The third-order valence-corrected chi connectivity index (χ3v) is 5.34. The number of amides is 1. The molecule has 0 saturated carbocycles. The fraction of sp³-hybridized carbons (Fsp3) is 0.350. The molecule has 6 heteroatoms. The van der Waals surface area contributed by atoms with Crippen LogP contribution in [-0.4, -0.2) is 56.1 Å². The summed E-state index contributed by atoms with van der Waals surface area (Å²) >= 11 is 1.63. The van der Waals surface area contributed by atoms with Crippen LogP contribution >= 0.6 is 11.3 Å². The predicted molar refractivity (Wildman–Crippen MR) is 105 cm³/mol. The van der Waals surface area contributed by atoms with Gasteiger partial charge in [0.05, 0.1) is 14.2 Å². The van der Waals surface area contributed by atoms with Gasteiger partial charge >= 0.3 is 0 Å². The number of hydrogen-bond donors (Lipinski definition) is 0. The summed E-state index contributed by atoms with van der Waals surface area (Å²) in [7, 11) is 3.35. The summed E-state index contributed by atoms with van der Waals surface area (Å²) in [6.07, 6.45) is 3.56. The Hall–Kier alpha value is -2.31. The lowest BCUT2D eigenvalue weighted by Crippen LogP contribution is -2.47. The van der Waals surface area contributed by atoms with Crippen LogP contribution < -0.4 is 9.47 Å². The fourth-order valence-electron chi connectivity index (χ4n) is 3.02. The van der Waals surface area contributed by atoms with Crippen LogP contribution in [0.15, 0.2) is 41.8 Å². The molecule has 1 amide bonds. The number of piperazine rings is 1. The first kappa shape index (κ1) is 18.5. The first-order valence-electron chi connectivity index (χ1n) is 8.63. The quantitative estimate of drug-likeness (QED) is 0.731. The van der Waals surface area contributed by atoms with E-state index in [4.69, 9.17) is 9.47 Å². The highest BCUT2D eigenvalue weighted by atomic mass is 32.1. The number of carbonyl (C=O) groups excluding carboxylic acids is 1. The zero-order chi connectivity index (χ0) is 18.4. The van der Waals surface area contributed by atoms with Crippen LogP contribution in [0.4, 0.5) is 0 Å². The monoisotopic (exact) mass is 372 g/mol. The van der Waals surface area contributed by atoms with E-state index in [1.54, 1.807) is 31.6 Å². The van der Waals surface area contributed by atoms with E-state index in [-0.39, 0.29) is 5.91 Å². The second-order valence-electron chi connectivity index (χ2n) is 6.13. The maximum absolute atomic E-state index is 12.3. The van der Waals surface area contributed by atoms with E-state index >= 15 is 0 Å². The molecule has 0 bridgehead atoms. The first-order valence-corrected chi connectivity index (χ1v) is 9.51. The molecule has 1 saturated heterocycles. The molecule has 1 aliphatic rings. The zero-order valence-electron chi connectivity index (χ0n) is 15.2. The average molecular weight is 372 g/mol. The molecule has 1 aliphatic heterocycles. The molecule has 0 N–H and O–H groups in total. The molecule has 5 nitrogen and oxygen atoms in total. The minimum Gasteiger partial charge on any atom is -0.497 e. The van der Waals surface area contributed by atoms with E-state index < -0.39 is 0 Å². The van der Waals surface area contributed by atoms with E-state index in [9.17, 15) is 4.79 Å². The Morgan fingerprint density at radius 3 is 2.62 bits per heavy atom. The molecule has 0 unspecified atom stereocenters. The van der Waals surface area contributed by atoms with Crippen molar-refractivity contribution in [2.75, 3.05) is 40.4 Å². The molecule has 1 fully saturated rings. The topological polar surface area (TPSA) is 42.0 Å². The smallest absolute Gasteiger partial charge is 0.246 e. The summed E-state index contributed by atoms with van der Waals surface area (Å²) in [6.45, 7) is 3.95. The van der Waals surface area contributed by atoms with Crippen molar-refractivity contribution < 1.29 is 14.3 Å². The second-order valence-corrected chi connectivity index (χ2v) is 7.11. The number of ether oxygens (including phenoxy) is 2. The maximum atomic E-state index is 12.3. The van der Waals surface area contributed by atoms with Gasteiger partial charge in [0.15, 0.2) is 0 Å². The van der Waals surface area contributed by atoms with Gasteiger partial charge in [-0.3, -0.25) is 9.69 Å². The molecule has 0 atom stereocenters. The Kier molecular flexibility index (Phi) is 6.30. The van der Waals surface area contributed by atoms with E-state index in [0.29, 0.717) is 0 Å². The van der Waals surface area contributed by atoms with Gasteiger partial charge in [0.2, 0.25) is 5.91 Å². The van der Waals surface area contributed by atoms with Crippen molar-refractivity contribution in [1.82, 2.24) is 9.80 Å². The van der Waals surface area contributed by atoms with Crippen LogP contribution in [-0.2, 0) is 11.3 Å². The minimum atomic E-state index is 0.0806. The summed E-state index contributed by atoms with van der Waals surface area (Å²) in [5.41, 5.74) is 1.10. The number of nitrogens with zero attached hydrogens (tertiary/aromatic N) is 2. The molecule has 0 radical (unpaired) electrons. The van der Waals surface area contributed by atoms with Gasteiger partial charge in [-0.1, -0.05) is 6.07 Å². The molecule has 0 aliphatic carbocycles. The average Bonchev–Trinajstić information content (AvgIpc) is 3.20. The normalized spacial score (nSPS) is 15.4. The van der Waals surface area contributed by atoms with Crippen molar-refractivity contribution in [2.24, 2.45) is 0 Å². The maximum Gasteiger partial charge on any atom is 0.246 e. The molecule has 3 rings (SSSR count). The highest BCUT2D eigenvalue weighted by Gasteiger charge is 2.20. The van der Waals surface area contributed by atoms with Gasteiger partial charge in [-0.05, 0) is 35.7 Å². The van der Waals surface area contributed by atoms with Crippen molar-refractivity contribution in [3.63, 3.8) is 0 Å². The van der Waals surface area contributed by atoms with Crippen molar-refractivity contribution in [3.8, 4) is 11.5 Å². The Balaban J connectivity index is 1.54. The number of rotatable bonds is 6. The third kappa shape index (κ3) is 4.65. The lowest BCUT2D eigenvalue weighted by Gasteiger charge is -2.34. The van der Waals surface area contributed by atoms with Crippen LogP contribution in [0.25, 0.3) is 6.08 Å². The molecule has 138 valence electrons. The number of carbonyl (C=O) groups is 1. The Morgan fingerprint density at radius 1 is 1.15 bits per heavy atom. The molecular weight excluding hydrogens is 348 g/mol. The van der Waals surface area contributed by atoms with Crippen molar-refractivity contribution in [3.05, 3.63) is 52.2 Å². The van der Waals surface area contributed by atoms with Crippen LogP contribution in [0, 0.1) is 0 Å². The second kappa shape index (κ2) is 8.87. The summed E-state index contributed by atoms with van der Waals surface area (Å²) in [4.78, 5) is 17.7. The van der Waals surface area contributed by atoms with Crippen LogP contribution in [0.2, 0.25) is 0 Å². The molecular formula is C20H24N2O3S. The lowest BCUT2D eigenvalue weighted by molar-refractivity contribution is -0.127. The van der Waals surface area contributed by atoms with Gasteiger partial charge in [0, 0.05) is 49.2 Å². The van der Waals surface area contributed by atoms with E-state index in [2.05, 4.69) is 4.90 Å². The SMILES string of the molecule is COc1ccc(OC)c(CN2CCN(C(=O)C=Cc3cccs3)CC2)c1.